The Balaban J connectivity index is 1.57. The van der Waals surface area contributed by atoms with Gasteiger partial charge in [0.05, 0.1) is 24.3 Å². The third kappa shape index (κ3) is 4.38. The number of fused-ring (bicyclic) bond motifs is 2. The summed E-state index contributed by atoms with van der Waals surface area (Å²) in [5, 5.41) is 15.3. The maximum atomic E-state index is 12.1. The molecule has 0 aliphatic carbocycles. The smallest absolute Gasteiger partial charge is 0.224 e. The Hall–Kier alpha value is -4.46. The molecule has 8 nitrogen and oxygen atoms in total. The third-order valence-corrected chi connectivity index (χ3v) is 5.49. The molecule has 2 heterocycles. The lowest BCUT2D eigenvalue weighted by Crippen LogP contribution is -2.10. The summed E-state index contributed by atoms with van der Waals surface area (Å²) in [5.41, 5.74) is 4.11. The number of carbonyl (C=O) groups excluding carboxylic acids is 1. The number of hydrogen-bond acceptors (Lipinski definition) is 6. The van der Waals surface area contributed by atoms with E-state index in [2.05, 4.69) is 20.8 Å². The Kier molecular flexibility index (Phi) is 5.78. The molecule has 0 bridgehead atoms. The number of nitrogens with zero attached hydrogens (tertiary/aromatic N) is 3. The van der Waals surface area contributed by atoms with Crippen molar-refractivity contribution >= 4 is 44.9 Å². The number of anilines is 3. The Morgan fingerprint density at radius 1 is 1.03 bits per heavy atom. The number of benzene rings is 3. The first-order valence-electron chi connectivity index (χ1n) is 11.1. The highest BCUT2D eigenvalue weighted by Gasteiger charge is 2.12. The van der Waals surface area contributed by atoms with E-state index in [1.807, 2.05) is 67.6 Å². The van der Waals surface area contributed by atoms with E-state index in [0.717, 1.165) is 39.5 Å². The van der Waals surface area contributed by atoms with Crippen LogP contribution in [0.5, 0.6) is 5.75 Å². The third-order valence-electron chi connectivity index (χ3n) is 5.49. The average Bonchev–Trinajstić information content (AvgIpc) is 3.32. The van der Waals surface area contributed by atoms with Gasteiger partial charge >= 0.3 is 0 Å². The molecular weight excluding hydrogens is 428 g/mol. The van der Waals surface area contributed by atoms with Gasteiger partial charge < -0.3 is 15.4 Å². The summed E-state index contributed by atoms with van der Waals surface area (Å²) in [4.78, 5) is 21.7. The molecule has 8 heteroatoms. The lowest BCUT2D eigenvalue weighted by atomic mass is 10.1. The topological polar surface area (TPSA) is 105 Å². The van der Waals surface area contributed by atoms with E-state index in [-0.39, 0.29) is 5.91 Å². The fourth-order valence-corrected chi connectivity index (χ4v) is 3.80. The first-order valence-corrected chi connectivity index (χ1v) is 11.1. The Labute approximate surface area is 196 Å². The van der Waals surface area contributed by atoms with Crippen LogP contribution >= 0.6 is 0 Å². The van der Waals surface area contributed by atoms with E-state index < -0.39 is 0 Å². The number of carbonyl (C=O) groups is 1. The minimum absolute atomic E-state index is 0.0131. The lowest BCUT2D eigenvalue weighted by molar-refractivity contribution is -0.116. The summed E-state index contributed by atoms with van der Waals surface area (Å²) in [6.45, 7) is 1.98. The zero-order chi connectivity index (χ0) is 23.5. The zero-order valence-corrected chi connectivity index (χ0v) is 18.9. The van der Waals surface area contributed by atoms with Crippen molar-refractivity contribution in [3.05, 3.63) is 66.9 Å². The predicted molar refractivity (Wildman–Crippen MR) is 134 cm³/mol. The summed E-state index contributed by atoms with van der Waals surface area (Å²) in [7, 11) is 1.63. The second-order valence-electron chi connectivity index (χ2n) is 7.95. The van der Waals surface area contributed by atoms with Crippen LogP contribution < -0.4 is 15.4 Å². The van der Waals surface area contributed by atoms with Crippen LogP contribution in [0.15, 0.2) is 66.9 Å². The second-order valence-corrected chi connectivity index (χ2v) is 7.95. The van der Waals surface area contributed by atoms with Crippen LogP contribution in [0.2, 0.25) is 0 Å². The SMILES string of the molecule is CCCC(=O)Nc1cccc(-c2nc(Nc3ccc4[nH]ncc4c3)c3ccc(OC)cc3n2)c1. The van der Waals surface area contributed by atoms with E-state index in [9.17, 15) is 4.79 Å². The fraction of sp³-hybridized carbons (Fsp3) is 0.154. The molecule has 0 unspecified atom stereocenters. The number of amides is 1. The average molecular weight is 453 g/mol. The van der Waals surface area contributed by atoms with Gasteiger partial charge in [-0.25, -0.2) is 9.97 Å². The predicted octanol–water partition coefficient (Wildman–Crippen LogP) is 5.66. The molecule has 2 aromatic heterocycles. The molecule has 1 amide bonds. The molecule has 34 heavy (non-hydrogen) atoms. The standard InChI is InChI=1S/C26H24N6O2/c1-3-5-24(33)28-18-7-4-6-16(12-18)25-30-23-14-20(34-2)9-10-21(23)26(31-25)29-19-8-11-22-17(13-19)15-27-32-22/h4,6-15H,3,5H2,1-2H3,(H,27,32)(H,28,33)(H,29,30,31). The number of ether oxygens (including phenoxy) is 1. The quantitative estimate of drug-likeness (QED) is 0.294. The van der Waals surface area contributed by atoms with Gasteiger partial charge in [-0.2, -0.15) is 5.10 Å². The van der Waals surface area contributed by atoms with Crippen molar-refractivity contribution in [2.24, 2.45) is 0 Å². The summed E-state index contributed by atoms with van der Waals surface area (Å²) in [6.07, 6.45) is 3.06. The summed E-state index contributed by atoms with van der Waals surface area (Å²) in [5.74, 6) is 1.91. The van der Waals surface area contributed by atoms with Crippen LogP contribution in [0.1, 0.15) is 19.8 Å². The van der Waals surface area contributed by atoms with Gasteiger partial charge in [-0.1, -0.05) is 19.1 Å². The van der Waals surface area contributed by atoms with Crippen molar-refractivity contribution in [3.8, 4) is 17.1 Å². The number of H-pyrrole nitrogens is 1. The summed E-state index contributed by atoms with van der Waals surface area (Å²) in [6, 6.07) is 19.2. The normalized spacial score (nSPS) is 11.0. The molecule has 0 spiro atoms. The van der Waals surface area contributed by atoms with Crippen molar-refractivity contribution < 1.29 is 9.53 Å². The molecule has 0 saturated carbocycles. The molecular formula is C26H24N6O2. The molecule has 170 valence electrons. The van der Waals surface area contributed by atoms with E-state index >= 15 is 0 Å². The maximum absolute atomic E-state index is 12.1. The van der Waals surface area contributed by atoms with Gasteiger partial charge in [0.25, 0.3) is 0 Å². The highest BCUT2D eigenvalue weighted by Crippen LogP contribution is 2.31. The Morgan fingerprint density at radius 3 is 2.79 bits per heavy atom. The van der Waals surface area contributed by atoms with E-state index in [1.54, 1.807) is 13.3 Å². The number of rotatable bonds is 7. The van der Waals surface area contributed by atoms with Gasteiger partial charge in [-0.05, 0) is 48.9 Å². The van der Waals surface area contributed by atoms with Gasteiger partial charge in [-0.3, -0.25) is 9.89 Å². The Bertz CT molecular complexity index is 1490. The number of hydrogen-bond donors (Lipinski definition) is 3. The van der Waals surface area contributed by atoms with Gasteiger partial charge in [0.15, 0.2) is 5.82 Å². The van der Waals surface area contributed by atoms with Crippen molar-refractivity contribution in [2.45, 2.75) is 19.8 Å². The molecule has 0 saturated heterocycles. The van der Waals surface area contributed by atoms with E-state index in [4.69, 9.17) is 14.7 Å². The largest absolute Gasteiger partial charge is 0.497 e. The van der Waals surface area contributed by atoms with Crippen LogP contribution in [0.4, 0.5) is 17.2 Å². The number of nitrogens with one attached hydrogen (secondary N) is 3. The van der Waals surface area contributed by atoms with Crippen molar-refractivity contribution in [3.63, 3.8) is 0 Å². The molecule has 0 atom stereocenters. The molecule has 0 radical (unpaired) electrons. The van der Waals surface area contributed by atoms with Crippen molar-refractivity contribution in [1.82, 2.24) is 20.2 Å². The van der Waals surface area contributed by atoms with Crippen LogP contribution in [0.25, 0.3) is 33.2 Å². The van der Waals surface area contributed by atoms with Crippen LogP contribution in [-0.4, -0.2) is 33.2 Å². The number of methoxy groups -OCH3 is 1. The molecule has 0 fully saturated rings. The van der Waals surface area contributed by atoms with Gasteiger partial charge in [-0.15, -0.1) is 0 Å². The molecule has 0 aliphatic rings. The molecule has 5 aromatic rings. The Morgan fingerprint density at radius 2 is 1.94 bits per heavy atom. The lowest BCUT2D eigenvalue weighted by Gasteiger charge is -2.13. The first-order chi connectivity index (χ1) is 16.6. The van der Waals surface area contributed by atoms with E-state index in [1.165, 1.54) is 0 Å². The van der Waals surface area contributed by atoms with Gasteiger partial charge in [0, 0.05) is 40.2 Å². The van der Waals surface area contributed by atoms with Crippen LogP contribution in [0, 0.1) is 0 Å². The minimum atomic E-state index is -0.0131. The highest BCUT2D eigenvalue weighted by atomic mass is 16.5. The van der Waals surface area contributed by atoms with Crippen LogP contribution in [0.3, 0.4) is 0 Å². The number of aromatic nitrogens is 4. The monoisotopic (exact) mass is 452 g/mol. The maximum Gasteiger partial charge on any atom is 0.224 e. The minimum Gasteiger partial charge on any atom is -0.497 e. The highest BCUT2D eigenvalue weighted by molar-refractivity contribution is 5.95. The zero-order valence-electron chi connectivity index (χ0n) is 18.9. The van der Waals surface area contributed by atoms with Gasteiger partial charge in [0.2, 0.25) is 5.91 Å². The van der Waals surface area contributed by atoms with Crippen LogP contribution in [-0.2, 0) is 4.79 Å². The first kappa shape index (κ1) is 21.4. The second kappa shape index (κ2) is 9.19. The fourth-order valence-electron chi connectivity index (χ4n) is 3.80. The summed E-state index contributed by atoms with van der Waals surface area (Å²) >= 11 is 0. The van der Waals surface area contributed by atoms with E-state index in [0.29, 0.717) is 29.5 Å². The molecule has 0 aliphatic heterocycles. The number of aromatic amines is 1. The van der Waals surface area contributed by atoms with Crippen molar-refractivity contribution in [1.29, 1.82) is 0 Å². The summed E-state index contributed by atoms with van der Waals surface area (Å²) < 4.78 is 5.41. The van der Waals surface area contributed by atoms with Crippen molar-refractivity contribution in [2.75, 3.05) is 17.7 Å². The molecule has 3 N–H and O–H groups in total. The molecule has 3 aromatic carbocycles. The van der Waals surface area contributed by atoms with Gasteiger partial charge in [0.1, 0.15) is 11.6 Å². The molecule has 5 rings (SSSR count).